The Morgan fingerprint density at radius 3 is 2.79 bits per heavy atom. The fourth-order valence-corrected chi connectivity index (χ4v) is 3.79. The summed E-state index contributed by atoms with van der Waals surface area (Å²) in [6.45, 7) is 1.73. The van der Waals surface area contributed by atoms with Gasteiger partial charge in [-0.1, -0.05) is 0 Å². The molecule has 4 heterocycles. The van der Waals surface area contributed by atoms with E-state index in [0.717, 1.165) is 53.8 Å². The molecular formula is C21H24FN5O. The van der Waals surface area contributed by atoms with E-state index in [4.69, 9.17) is 4.98 Å². The highest BCUT2D eigenvalue weighted by atomic mass is 19.1. The Morgan fingerprint density at radius 1 is 1.25 bits per heavy atom. The molecule has 0 atom stereocenters. The van der Waals surface area contributed by atoms with Crippen LogP contribution in [0.25, 0.3) is 22.2 Å². The molecule has 1 aliphatic heterocycles. The Balaban J connectivity index is 1.47. The van der Waals surface area contributed by atoms with Crippen molar-refractivity contribution in [3.05, 3.63) is 42.5 Å². The number of halogens is 1. The van der Waals surface area contributed by atoms with E-state index in [1.54, 1.807) is 17.1 Å². The number of aromatic nitrogens is 4. The molecule has 0 radical (unpaired) electrons. The number of likely N-dealkylation sites (tertiary alicyclic amines) is 1. The molecule has 6 nitrogen and oxygen atoms in total. The average Bonchev–Trinajstić information content (AvgIpc) is 3.14. The van der Waals surface area contributed by atoms with Crippen LogP contribution in [-0.4, -0.2) is 56.7 Å². The van der Waals surface area contributed by atoms with Crippen LogP contribution in [0.2, 0.25) is 0 Å². The van der Waals surface area contributed by atoms with Crippen molar-refractivity contribution in [2.75, 3.05) is 26.3 Å². The van der Waals surface area contributed by atoms with Gasteiger partial charge in [-0.2, -0.15) is 5.10 Å². The fraction of sp³-hybridized carbons (Fsp3) is 0.429. The second-order valence-corrected chi connectivity index (χ2v) is 7.42. The number of alkyl halides is 1. The third kappa shape index (κ3) is 4.09. The first-order chi connectivity index (χ1) is 13.6. The number of hydrogen-bond donors (Lipinski definition) is 0. The van der Waals surface area contributed by atoms with E-state index in [0.29, 0.717) is 13.0 Å². The summed E-state index contributed by atoms with van der Waals surface area (Å²) in [6.07, 6.45) is 7.42. The second kappa shape index (κ2) is 8.14. The van der Waals surface area contributed by atoms with E-state index in [1.165, 1.54) is 0 Å². The van der Waals surface area contributed by atoms with Crippen molar-refractivity contribution in [3.63, 3.8) is 0 Å². The van der Waals surface area contributed by atoms with Crippen LogP contribution < -0.4 is 0 Å². The van der Waals surface area contributed by atoms with Crippen LogP contribution in [0.4, 0.5) is 4.39 Å². The summed E-state index contributed by atoms with van der Waals surface area (Å²) in [5.74, 6) is 0.262. The van der Waals surface area contributed by atoms with Crippen LogP contribution in [0.5, 0.6) is 0 Å². The van der Waals surface area contributed by atoms with Gasteiger partial charge in [0.05, 0.1) is 17.4 Å². The molecule has 1 fully saturated rings. The zero-order valence-corrected chi connectivity index (χ0v) is 16.0. The quantitative estimate of drug-likeness (QED) is 0.657. The predicted octanol–water partition coefficient (Wildman–Crippen LogP) is 2.82. The number of hydrogen-bond acceptors (Lipinski definition) is 5. The molecule has 0 bridgehead atoms. The first-order valence-electron chi connectivity index (χ1n) is 9.68. The first-order valence-corrected chi connectivity index (χ1v) is 9.68. The minimum Gasteiger partial charge on any atom is -0.301 e. The second-order valence-electron chi connectivity index (χ2n) is 7.42. The standard InChI is InChI=1S/C21H24FN5O/c1-26-14-17(13-24-26)19-3-2-16-12-23-18(10-20(16)25-19)11-21(28)15-4-7-27(8-5-15)9-6-22/h2-3,10,12-15H,4-9,11H2,1H3. The number of carbonyl (C=O) groups excluding carboxylic acids is 1. The summed E-state index contributed by atoms with van der Waals surface area (Å²) in [5.41, 5.74) is 3.39. The topological polar surface area (TPSA) is 63.9 Å². The van der Waals surface area contributed by atoms with E-state index in [9.17, 15) is 9.18 Å². The molecule has 3 aromatic heterocycles. The lowest BCUT2D eigenvalue weighted by Crippen LogP contribution is -2.37. The zero-order chi connectivity index (χ0) is 19.5. The summed E-state index contributed by atoms with van der Waals surface area (Å²) in [6, 6.07) is 5.85. The predicted molar refractivity (Wildman–Crippen MR) is 106 cm³/mol. The summed E-state index contributed by atoms with van der Waals surface area (Å²) < 4.78 is 14.2. The molecule has 0 unspecified atom stereocenters. The molecule has 7 heteroatoms. The van der Waals surface area contributed by atoms with Crippen LogP contribution in [0.3, 0.4) is 0 Å². The van der Waals surface area contributed by atoms with Gasteiger partial charge in [0.1, 0.15) is 12.5 Å². The smallest absolute Gasteiger partial charge is 0.142 e. The van der Waals surface area contributed by atoms with Gasteiger partial charge in [0.25, 0.3) is 0 Å². The number of ketones is 1. The molecule has 0 N–H and O–H groups in total. The minimum absolute atomic E-state index is 0.0445. The maximum absolute atomic E-state index is 12.7. The number of piperidine rings is 1. The molecule has 1 saturated heterocycles. The number of nitrogens with zero attached hydrogens (tertiary/aromatic N) is 5. The molecule has 3 aromatic rings. The molecule has 0 aromatic carbocycles. The van der Waals surface area contributed by atoms with Crippen molar-refractivity contribution in [1.29, 1.82) is 0 Å². The number of carbonyl (C=O) groups is 1. The van der Waals surface area contributed by atoms with Gasteiger partial charge in [-0.15, -0.1) is 0 Å². The van der Waals surface area contributed by atoms with Crippen LogP contribution in [-0.2, 0) is 18.3 Å². The van der Waals surface area contributed by atoms with E-state index in [2.05, 4.69) is 15.0 Å². The van der Waals surface area contributed by atoms with E-state index in [-0.39, 0.29) is 18.4 Å². The van der Waals surface area contributed by atoms with Crippen molar-refractivity contribution in [3.8, 4) is 11.3 Å². The van der Waals surface area contributed by atoms with Gasteiger partial charge >= 0.3 is 0 Å². The molecule has 0 saturated carbocycles. The fourth-order valence-electron chi connectivity index (χ4n) is 3.79. The summed E-state index contributed by atoms with van der Waals surface area (Å²) in [5, 5.41) is 5.14. The van der Waals surface area contributed by atoms with Gasteiger partial charge in [0, 0.05) is 55.0 Å². The zero-order valence-electron chi connectivity index (χ0n) is 16.0. The van der Waals surface area contributed by atoms with Crippen molar-refractivity contribution >= 4 is 16.7 Å². The summed E-state index contributed by atoms with van der Waals surface area (Å²) in [4.78, 5) is 24.0. The number of Topliss-reactive ketones (excluding diaryl/α,β-unsaturated/α-hetero) is 1. The van der Waals surface area contributed by atoms with Gasteiger partial charge in [-0.05, 0) is 44.1 Å². The Hall–Kier alpha value is -2.67. The van der Waals surface area contributed by atoms with Crippen LogP contribution in [0, 0.1) is 5.92 Å². The van der Waals surface area contributed by atoms with Gasteiger partial charge in [0.2, 0.25) is 0 Å². The Morgan fingerprint density at radius 2 is 2.07 bits per heavy atom. The number of pyridine rings is 2. The van der Waals surface area contributed by atoms with Crippen LogP contribution >= 0.6 is 0 Å². The minimum atomic E-state index is -0.326. The van der Waals surface area contributed by atoms with Gasteiger partial charge in [-0.3, -0.25) is 14.5 Å². The van der Waals surface area contributed by atoms with E-state index in [1.807, 2.05) is 31.4 Å². The van der Waals surface area contributed by atoms with Crippen molar-refractivity contribution < 1.29 is 9.18 Å². The SMILES string of the molecule is Cn1cc(-c2ccc3cnc(CC(=O)C4CCN(CCF)CC4)cc3n2)cn1. The molecular weight excluding hydrogens is 357 g/mol. The molecule has 146 valence electrons. The Labute approximate surface area is 163 Å². The van der Waals surface area contributed by atoms with Crippen molar-refractivity contribution in [2.24, 2.45) is 13.0 Å². The lowest BCUT2D eigenvalue weighted by atomic mass is 9.90. The molecule has 1 aliphatic rings. The number of rotatable bonds is 6. The maximum atomic E-state index is 12.7. The first kappa shape index (κ1) is 18.7. The van der Waals surface area contributed by atoms with Crippen molar-refractivity contribution in [1.82, 2.24) is 24.6 Å². The van der Waals surface area contributed by atoms with Gasteiger partial charge < -0.3 is 4.90 Å². The van der Waals surface area contributed by atoms with Crippen LogP contribution in [0.15, 0.2) is 36.8 Å². The van der Waals surface area contributed by atoms with Crippen LogP contribution in [0.1, 0.15) is 18.5 Å². The molecule has 0 aliphatic carbocycles. The van der Waals surface area contributed by atoms with E-state index >= 15 is 0 Å². The molecule has 0 amide bonds. The summed E-state index contributed by atoms with van der Waals surface area (Å²) in [7, 11) is 1.88. The normalized spacial score (nSPS) is 15.9. The average molecular weight is 381 g/mol. The monoisotopic (exact) mass is 381 g/mol. The number of fused-ring (bicyclic) bond motifs is 1. The Kier molecular flexibility index (Phi) is 5.43. The summed E-state index contributed by atoms with van der Waals surface area (Å²) >= 11 is 0. The highest BCUT2D eigenvalue weighted by molar-refractivity contribution is 5.85. The highest BCUT2D eigenvalue weighted by Gasteiger charge is 2.25. The molecule has 28 heavy (non-hydrogen) atoms. The third-order valence-corrected chi connectivity index (χ3v) is 5.43. The van der Waals surface area contributed by atoms with Gasteiger partial charge in [-0.25, -0.2) is 9.37 Å². The maximum Gasteiger partial charge on any atom is 0.142 e. The van der Waals surface area contributed by atoms with Crippen molar-refractivity contribution in [2.45, 2.75) is 19.3 Å². The van der Waals surface area contributed by atoms with Gasteiger partial charge in [0.15, 0.2) is 0 Å². The largest absolute Gasteiger partial charge is 0.301 e. The number of aryl methyl sites for hydroxylation is 1. The van der Waals surface area contributed by atoms with E-state index < -0.39 is 0 Å². The molecule has 4 rings (SSSR count). The highest BCUT2D eigenvalue weighted by Crippen LogP contribution is 2.22. The lowest BCUT2D eigenvalue weighted by Gasteiger charge is -2.30. The lowest BCUT2D eigenvalue weighted by molar-refractivity contribution is -0.123. The molecule has 0 spiro atoms. The Bertz CT molecular complexity index is 978. The third-order valence-electron chi connectivity index (χ3n) is 5.43.